The van der Waals surface area contributed by atoms with Crippen LogP contribution in [-0.4, -0.2) is 44.3 Å². The van der Waals surface area contributed by atoms with Crippen LogP contribution in [0.3, 0.4) is 0 Å². The lowest BCUT2D eigenvalue weighted by molar-refractivity contribution is -0.145. The number of rotatable bonds is 6. The van der Waals surface area contributed by atoms with E-state index in [4.69, 9.17) is 4.74 Å². The molecule has 0 heterocycles. The Balaban J connectivity index is 2.74. The van der Waals surface area contributed by atoms with Gasteiger partial charge in [-0.05, 0) is 32.9 Å². The van der Waals surface area contributed by atoms with Crippen LogP contribution in [0.2, 0.25) is 0 Å². The predicted octanol–water partition coefficient (Wildman–Crippen LogP) is 1.39. The van der Waals surface area contributed by atoms with E-state index in [1.54, 1.807) is 11.8 Å². The highest BCUT2D eigenvalue weighted by atomic mass is 32.2. The Morgan fingerprint density at radius 1 is 1.42 bits per heavy atom. The number of ether oxygens (including phenoxy) is 1. The first-order chi connectivity index (χ1) is 8.73. The summed E-state index contributed by atoms with van der Waals surface area (Å²) in [7, 11) is -2.17. The topological polar surface area (TPSA) is 72.5 Å². The minimum absolute atomic E-state index is 0.160. The number of carbonyl (C=O) groups is 1. The standard InChI is InChI=1S/C12H23NO4S2/c1-12(2,18-4)8-13-19(15,16)10-7-5-6-9(10)11(14)17-3/h9-10,13H,5-8H2,1-4H3. The van der Waals surface area contributed by atoms with Gasteiger partial charge >= 0.3 is 5.97 Å². The molecule has 7 heteroatoms. The molecule has 19 heavy (non-hydrogen) atoms. The van der Waals surface area contributed by atoms with E-state index in [1.165, 1.54) is 7.11 Å². The fourth-order valence-corrected chi connectivity index (χ4v) is 4.41. The summed E-state index contributed by atoms with van der Waals surface area (Å²) >= 11 is 1.60. The zero-order valence-corrected chi connectivity index (χ0v) is 13.6. The molecule has 0 radical (unpaired) electrons. The second-order valence-electron chi connectivity index (χ2n) is 5.43. The van der Waals surface area contributed by atoms with Crippen molar-refractivity contribution in [1.82, 2.24) is 4.72 Å². The van der Waals surface area contributed by atoms with Gasteiger partial charge in [0.05, 0.1) is 18.3 Å². The lowest BCUT2D eigenvalue weighted by atomic mass is 10.1. The third-order valence-corrected chi connectivity index (χ3v) is 6.76. The quantitative estimate of drug-likeness (QED) is 0.751. The first kappa shape index (κ1) is 16.8. The summed E-state index contributed by atoms with van der Waals surface area (Å²) in [6.45, 7) is 4.32. The molecule has 0 saturated heterocycles. The number of esters is 1. The van der Waals surface area contributed by atoms with Gasteiger partial charge in [-0.25, -0.2) is 13.1 Å². The van der Waals surface area contributed by atoms with Crippen molar-refractivity contribution in [3.63, 3.8) is 0 Å². The Bertz CT molecular complexity index is 419. The Labute approximate surface area is 119 Å². The smallest absolute Gasteiger partial charge is 0.310 e. The van der Waals surface area contributed by atoms with Gasteiger partial charge in [-0.3, -0.25) is 4.79 Å². The van der Waals surface area contributed by atoms with E-state index in [-0.39, 0.29) is 4.75 Å². The highest BCUT2D eigenvalue weighted by molar-refractivity contribution is 8.00. The Morgan fingerprint density at radius 3 is 2.58 bits per heavy atom. The molecule has 1 N–H and O–H groups in total. The summed E-state index contributed by atoms with van der Waals surface area (Å²) in [5.41, 5.74) is 0. The zero-order chi connectivity index (χ0) is 14.7. The van der Waals surface area contributed by atoms with Gasteiger partial charge in [0.2, 0.25) is 10.0 Å². The average molecular weight is 309 g/mol. The summed E-state index contributed by atoms with van der Waals surface area (Å²) < 4.78 is 31.8. The predicted molar refractivity (Wildman–Crippen MR) is 77.7 cm³/mol. The van der Waals surface area contributed by atoms with Crippen LogP contribution in [0.4, 0.5) is 0 Å². The fourth-order valence-electron chi connectivity index (χ4n) is 2.17. The maximum Gasteiger partial charge on any atom is 0.310 e. The van der Waals surface area contributed by atoms with Crippen molar-refractivity contribution in [2.24, 2.45) is 5.92 Å². The second kappa shape index (κ2) is 6.45. The monoisotopic (exact) mass is 309 g/mol. The normalized spacial score (nSPS) is 24.4. The third kappa shape index (κ3) is 4.36. The van der Waals surface area contributed by atoms with Crippen LogP contribution in [0.25, 0.3) is 0 Å². The first-order valence-electron chi connectivity index (χ1n) is 6.35. The zero-order valence-electron chi connectivity index (χ0n) is 11.9. The lowest BCUT2D eigenvalue weighted by Crippen LogP contribution is -2.43. The fraction of sp³-hybridized carbons (Fsp3) is 0.917. The largest absolute Gasteiger partial charge is 0.469 e. The molecule has 5 nitrogen and oxygen atoms in total. The van der Waals surface area contributed by atoms with Crippen molar-refractivity contribution in [2.45, 2.75) is 43.1 Å². The summed E-state index contributed by atoms with van der Waals surface area (Å²) in [6, 6.07) is 0. The van der Waals surface area contributed by atoms with Gasteiger partial charge in [-0.2, -0.15) is 11.8 Å². The molecule has 112 valence electrons. The van der Waals surface area contributed by atoms with Crippen molar-refractivity contribution < 1.29 is 17.9 Å². The number of thioether (sulfide) groups is 1. The van der Waals surface area contributed by atoms with E-state index < -0.39 is 27.2 Å². The van der Waals surface area contributed by atoms with Gasteiger partial charge in [-0.1, -0.05) is 6.42 Å². The number of sulfonamides is 1. The van der Waals surface area contributed by atoms with Crippen molar-refractivity contribution in [3.05, 3.63) is 0 Å². The van der Waals surface area contributed by atoms with E-state index in [9.17, 15) is 13.2 Å². The Morgan fingerprint density at radius 2 is 2.05 bits per heavy atom. The average Bonchev–Trinajstić information content (AvgIpc) is 2.86. The SMILES string of the molecule is COC(=O)C1CCCC1S(=O)(=O)NCC(C)(C)SC. The number of hydrogen-bond donors (Lipinski definition) is 1. The van der Waals surface area contributed by atoms with Gasteiger partial charge in [0, 0.05) is 11.3 Å². The van der Waals surface area contributed by atoms with Crippen LogP contribution in [-0.2, 0) is 19.6 Å². The van der Waals surface area contributed by atoms with Crippen LogP contribution >= 0.6 is 11.8 Å². The lowest BCUT2D eigenvalue weighted by Gasteiger charge is -2.25. The Hall–Kier alpha value is -0.270. The summed E-state index contributed by atoms with van der Waals surface area (Å²) in [5.74, 6) is -0.947. The molecule has 2 atom stereocenters. The number of carbonyl (C=O) groups excluding carboxylic acids is 1. The van der Waals surface area contributed by atoms with E-state index in [0.717, 1.165) is 6.42 Å². The maximum absolute atomic E-state index is 12.3. The van der Waals surface area contributed by atoms with Crippen molar-refractivity contribution in [2.75, 3.05) is 19.9 Å². The molecular formula is C12H23NO4S2. The molecule has 0 amide bonds. The van der Waals surface area contributed by atoms with E-state index in [0.29, 0.717) is 19.4 Å². The molecule has 0 bridgehead atoms. The molecule has 1 saturated carbocycles. The summed E-state index contributed by atoms with van der Waals surface area (Å²) in [5, 5.41) is -0.655. The number of nitrogens with one attached hydrogen (secondary N) is 1. The molecule has 1 fully saturated rings. The van der Waals surface area contributed by atoms with E-state index in [1.807, 2.05) is 20.1 Å². The molecule has 0 aliphatic heterocycles. The van der Waals surface area contributed by atoms with E-state index in [2.05, 4.69) is 4.72 Å². The van der Waals surface area contributed by atoms with Crippen LogP contribution < -0.4 is 4.72 Å². The molecule has 0 aromatic carbocycles. The molecule has 1 aliphatic carbocycles. The molecule has 1 aliphatic rings. The van der Waals surface area contributed by atoms with Crippen molar-refractivity contribution >= 4 is 27.8 Å². The molecule has 1 rings (SSSR count). The summed E-state index contributed by atoms with van der Waals surface area (Å²) in [6.07, 6.45) is 3.80. The van der Waals surface area contributed by atoms with Gasteiger partial charge in [0.1, 0.15) is 0 Å². The van der Waals surface area contributed by atoms with Gasteiger partial charge in [0.15, 0.2) is 0 Å². The summed E-state index contributed by atoms with van der Waals surface area (Å²) in [4.78, 5) is 11.6. The van der Waals surface area contributed by atoms with E-state index >= 15 is 0 Å². The van der Waals surface area contributed by atoms with Crippen molar-refractivity contribution in [1.29, 1.82) is 0 Å². The molecule has 2 unspecified atom stereocenters. The second-order valence-corrected chi connectivity index (χ2v) is 8.93. The van der Waals surface area contributed by atoms with Crippen molar-refractivity contribution in [3.8, 4) is 0 Å². The van der Waals surface area contributed by atoms with Crippen LogP contribution in [0.1, 0.15) is 33.1 Å². The van der Waals surface area contributed by atoms with Gasteiger partial charge < -0.3 is 4.74 Å². The third-order valence-electron chi connectivity index (χ3n) is 3.61. The minimum atomic E-state index is -3.47. The Kier molecular flexibility index (Phi) is 5.70. The van der Waals surface area contributed by atoms with Gasteiger partial charge in [0.25, 0.3) is 0 Å². The highest BCUT2D eigenvalue weighted by Gasteiger charge is 2.42. The molecule has 0 aromatic rings. The van der Waals surface area contributed by atoms with Crippen LogP contribution in [0.5, 0.6) is 0 Å². The number of hydrogen-bond acceptors (Lipinski definition) is 5. The molecular weight excluding hydrogens is 286 g/mol. The van der Waals surface area contributed by atoms with Crippen LogP contribution in [0.15, 0.2) is 0 Å². The molecule has 0 spiro atoms. The minimum Gasteiger partial charge on any atom is -0.469 e. The molecule has 0 aromatic heterocycles. The highest BCUT2D eigenvalue weighted by Crippen LogP contribution is 2.32. The van der Waals surface area contributed by atoms with Gasteiger partial charge in [-0.15, -0.1) is 0 Å². The van der Waals surface area contributed by atoms with Crippen LogP contribution in [0, 0.1) is 5.92 Å². The number of methoxy groups -OCH3 is 1. The first-order valence-corrected chi connectivity index (χ1v) is 9.12. The maximum atomic E-state index is 12.3.